The van der Waals surface area contributed by atoms with Crippen molar-refractivity contribution in [1.29, 1.82) is 0 Å². The van der Waals surface area contributed by atoms with E-state index in [1.165, 1.54) is 23.6 Å². The first-order valence-corrected chi connectivity index (χ1v) is 6.40. The number of thioether (sulfide) groups is 1. The average Bonchev–Trinajstić information content (AvgIpc) is 2.66. The standard InChI is InChI=1S/C11H14ClNS/c1-8-10(12)3-2-4-11(8)13-9-5-6-14-7-9/h2-4,9,13H,5-7H2,1H3/t9-/m1/s1. The third-order valence-electron chi connectivity index (χ3n) is 2.56. The smallest absolute Gasteiger partial charge is 0.0455 e. The van der Waals surface area contributed by atoms with Gasteiger partial charge in [-0.05, 0) is 36.8 Å². The predicted molar refractivity (Wildman–Crippen MR) is 65.5 cm³/mol. The van der Waals surface area contributed by atoms with Gasteiger partial charge in [-0.25, -0.2) is 0 Å². The molecule has 1 nitrogen and oxygen atoms in total. The van der Waals surface area contributed by atoms with Gasteiger partial charge in [-0.15, -0.1) is 0 Å². The minimum atomic E-state index is 0.622. The lowest BCUT2D eigenvalue weighted by Crippen LogP contribution is -2.18. The van der Waals surface area contributed by atoms with E-state index < -0.39 is 0 Å². The van der Waals surface area contributed by atoms with E-state index in [4.69, 9.17) is 11.6 Å². The zero-order valence-electron chi connectivity index (χ0n) is 8.22. The van der Waals surface area contributed by atoms with Crippen LogP contribution < -0.4 is 5.32 Å². The Kier molecular flexibility index (Phi) is 3.24. The molecule has 76 valence electrons. The molecule has 0 bridgehead atoms. The number of halogens is 1. The average molecular weight is 228 g/mol. The number of hydrogen-bond donors (Lipinski definition) is 1. The topological polar surface area (TPSA) is 12.0 Å². The van der Waals surface area contributed by atoms with Crippen molar-refractivity contribution in [2.45, 2.75) is 19.4 Å². The van der Waals surface area contributed by atoms with Gasteiger partial charge in [0.15, 0.2) is 0 Å². The maximum Gasteiger partial charge on any atom is 0.0455 e. The van der Waals surface area contributed by atoms with Gasteiger partial charge < -0.3 is 5.32 Å². The van der Waals surface area contributed by atoms with E-state index in [1.54, 1.807) is 0 Å². The fourth-order valence-corrected chi connectivity index (χ4v) is 2.96. The summed E-state index contributed by atoms with van der Waals surface area (Å²) in [5, 5.41) is 4.39. The molecule has 0 unspecified atom stereocenters. The summed E-state index contributed by atoms with van der Waals surface area (Å²) >= 11 is 8.07. The summed E-state index contributed by atoms with van der Waals surface area (Å²) in [5.41, 5.74) is 2.34. The predicted octanol–water partition coefficient (Wildman–Crippen LogP) is 3.57. The van der Waals surface area contributed by atoms with Gasteiger partial charge in [0.25, 0.3) is 0 Å². The third-order valence-corrected chi connectivity index (χ3v) is 4.13. The Bertz CT molecular complexity index is 321. The SMILES string of the molecule is Cc1c(Cl)cccc1N[C@@H]1CCSC1. The quantitative estimate of drug-likeness (QED) is 0.829. The molecule has 1 aliphatic rings. The van der Waals surface area contributed by atoms with Crippen LogP contribution in [0.1, 0.15) is 12.0 Å². The zero-order valence-corrected chi connectivity index (χ0v) is 9.79. The molecular weight excluding hydrogens is 214 g/mol. The fourth-order valence-electron chi connectivity index (χ4n) is 1.63. The Balaban J connectivity index is 2.11. The summed E-state index contributed by atoms with van der Waals surface area (Å²) in [4.78, 5) is 0. The van der Waals surface area contributed by atoms with Gasteiger partial charge in [-0.1, -0.05) is 17.7 Å². The van der Waals surface area contributed by atoms with Gasteiger partial charge in [-0.2, -0.15) is 11.8 Å². The van der Waals surface area contributed by atoms with Crippen LogP contribution in [0, 0.1) is 6.92 Å². The van der Waals surface area contributed by atoms with E-state index in [-0.39, 0.29) is 0 Å². The molecule has 3 heteroatoms. The van der Waals surface area contributed by atoms with Gasteiger partial charge in [0, 0.05) is 22.5 Å². The fraction of sp³-hybridized carbons (Fsp3) is 0.455. The molecule has 1 atom stereocenters. The molecule has 0 amide bonds. The highest BCUT2D eigenvalue weighted by molar-refractivity contribution is 7.99. The molecule has 1 aromatic carbocycles. The highest BCUT2D eigenvalue weighted by Crippen LogP contribution is 2.26. The molecule has 1 saturated heterocycles. The van der Waals surface area contributed by atoms with Crippen LogP contribution in [0.2, 0.25) is 5.02 Å². The van der Waals surface area contributed by atoms with Crippen LogP contribution in [0.25, 0.3) is 0 Å². The van der Waals surface area contributed by atoms with Gasteiger partial charge in [0.05, 0.1) is 0 Å². The Morgan fingerprint density at radius 2 is 2.36 bits per heavy atom. The van der Waals surface area contributed by atoms with Gasteiger partial charge in [0.2, 0.25) is 0 Å². The summed E-state index contributed by atoms with van der Waals surface area (Å²) in [6.07, 6.45) is 1.26. The van der Waals surface area contributed by atoms with Crippen LogP contribution in [0.4, 0.5) is 5.69 Å². The molecule has 0 radical (unpaired) electrons. The van der Waals surface area contributed by atoms with E-state index in [0.717, 1.165) is 10.6 Å². The minimum absolute atomic E-state index is 0.622. The second kappa shape index (κ2) is 4.45. The van der Waals surface area contributed by atoms with Crippen molar-refractivity contribution in [2.24, 2.45) is 0 Å². The van der Waals surface area contributed by atoms with Crippen LogP contribution in [0.15, 0.2) is 18.2 Å². The van der Waals surface area contributed by atoms with Crippen molar-refractivity contribution >= 4 is 29.1 Å². The van der Waals surface area contributed by atoms with Crippen molar-refractivity contribution in [3.8, 4) is 0 Å². The van der Waals surface area contributed by atoms with Crippen molar-refractivity contribution < 1.29 is 0 Å². The van der Waals surface area contributed by atoms with E-state index in [9.17, 15) is 0 Å². The molecule has 1 heterocycles. The number of benzene rings is 1. The highest BCUT2D eigenvalue weighted by Gasteiger charge is 2.15. The van der Waals surface area contributed by atoms with E-state index in [2.05, 4.69) is 18.3 Å². The first-order valence-electron chi connectivity index (χ1n) is 4.87. The Morgan fingerprint density at radius 1 is 1.50 bits per heavy atom. The molecule has 2 rings (SSSR count). The number of anilines is 1. The minimum Gasteiger partial charge on any atom is -0.381 e. The molecular formula is C11H14ClNS. The van der Waals surface area contributed by atoms with Crippen molar-refractivity contribution in [3.63, 3.8) is 0 Å². The first-order chi connectivity index (χ1) is 6.77. The maximum absolute atomic E-state index is 6.05. The second-order valence-electron chi connectivity index (χ2n) is 3.62. The normalized spacial score (nSPS) is 21.1. The zero-order chi connectivity index (χ0) is 9.97. The summed E-state index contributed by atoms with van der Waals surface area (Å²) in [7, 11) is 0. The van der Waals surface area contributed by atoms with Gasteiger partial charge in [0.1, 0.15) is 0 Å². The molecule has 0 aliphatic carbocycles. The van der Waals surface area contributed by atoms with Crippen LogP contribution in [0.3, 0.4) is 0 Å². The van der Waals surface area contributed by atoms with Crippen LogP contribution in [0.5, 0.6) is 0 Å². The molecule has 0 aromatic heterocycles. The monoisotopic (exact) mass is 227 g/mol. The Labute approximate surface area is 94.2 Å². The number of rotatable bonds is 2. The molecule has 1 aliphatic heterocycles. The molecule has 1 aromatic rings. The third kappa shape index (κ3) is 2.18. The van der Waals surface area contributed by atoms with E-state index >= 15 is 0 Å². The Hall–Kier alpha value is -0.340. The Morgan fingerprint density at radius 3 is 3.07 bits per heavy atom. The summed E-state index contributed by atoms with van der Waals surface area (Å²) in [5.74, 6) is 2.49. The maximum atomic E-state index is 6.05. The lowest BCUT2D eigenvalue weighted by atomic mass is 10.1. The van der Waals surface area contributed by atoms with Gasteiger partial charge in [-0.3, -0.25) is 0 Å². The largest absolute Gasteiger partial charge is 0.381 e. The number of nitrogens with one attached hydrogen (secondary N) is 1. The summed E-state index contributed by atoms with van der Waals surface area (Å²) in [6.45, 7) is 2.06. The van der Waals surface area contributed by atoms with Crippen LogP contribution >= 0.6 is 23.4 Å². The van der Waals surface area contributed by atoms with Crippen LogP contribution in [-0.4, -0.2) is 17.5 Å². The molecule has 14 heavy (non-hydrogen) atoms. The highest BCUT2D eigenvalue weighted by atomic mass is 35.5. The van der Waals surface area contributed by atoms with Gasteiger partial charge >= 0.3 is 0 Å². The van der Waals surface area contributed by atoms with Crippen molar-refractivity contribution in [2.75, 3.05) is 16.8 Å². The molecule has 1 N–H and O–H groups in total. The number of hydrogen-bond acceptors (Lipinski definition) is 2. The second-order valence-corrected chi connectivity index (χ2v) is 5.17. The van der Waals surface area contributed by atoms with Crippen molar-refractivity contribution in [1.82, 2.24) is 0 Å². The molecule has 0 spiro atoms. The first kappa shape index (κ1) is 10.2. The summed E-state index contributed by atoms with van der Waals surface area (Å²) in [6, 6.07) is 6.66. The molecule has 0 saturated carbocycles. The van der Waals surface area contributed by atoms with E-state index in [0.29, 0.717) is 6.04 Å². The lowest BCUT2D eigenvalue weighted by Gasteiger charge is -2.15. The van der Waals surface area contributed by atoms with Crippen molar-refractivity contribution in [3.05, 3.63) is 28.8 Å². The van der Waals surface area contributed by atoms with Crippen LogP contribution in [-0.2, 0) is 0 Å². The summed E-state index contributed by atoms with van der Waals surface area (Å²) < 4.78 is 0. The van der Waals surface area contributed by atoms with E-state index in [1.807, 2.05) is 23.9 Å². The lowest BCUT2D eigenvalue weighted by molar-refractivity contribution is 0.812. The molecule has 1 fully saturated rings.